The third-order valence-corrected chi connectivity index (χ3v) is 3.38. The normalized spacial score (nSPS) is 18.2. The van der Waals surface area contributed by atoms with Crippen LogP contribution in [0.2, 0.25) is 0 Å². The molecule has 92 valence electrons. The van der Waals surface area contributed by atoms with Crippen molar-refractivity contribution in [1.29, 1.82) is 0 Å². The molecule has 1 aliphatic heterocycles. The molecule has 0 aromatic heterocycles. The Morgan fingerprint density at radius 2 is 1.65 bits per heavy atom. The molecule has 2 heteroatoms. The van der Waals surface area contributed by atoms with Crippen molar-refractivity contribution >= 4 is 0 Å². The van der Waals surface area contributed by atoms with Crippen molar-refractivity contribution in [1.82, 2.24) is 9.80 Å². The van der Waals surface area contributed by atoms with Crippen molar-refractivity contribution in [2.75, 3.05) is 32.7 Å². The van der Waals surface area contributed by atoms with Crippen LogP contribution in [0.4, 0.5) is 0 Å². The highest BCUT2D eigenvalue weighted by molar-refractivity contribution is 5.21. The van der Waals surface area contributed by atoms with Crippen LogP contribution in [0, 0.1) is 6.92 Å². The highest BCUT2D eigenvalue weighted by Crippen LogP contribution is 2.09. The van der Waals surface area contributed by atoms with Gasteiger partial charge in [0.15, 0.2) is 0 Å². The Balaban J connectivity index is 1.81. The van der Waals surface area contributed by atoms with Crippen LogP contribution in [0.15, 0.2) is 36.9 Å². The van der Waals surface area contributed by atoms with Crippen LogP contribution in [0.25, 0.3) is 0 Å². The number of hydrogen-bond acceptors (Lipinski definition) is 2. The van der Waals surface area contributed by atoms with E-state index in [1.165, 1.54) is 24.2 Å². The summed E-state index contributed by atoms with van der Waals surface area (Å²) >= 11 is 0. The molecule has 0 radical (unpaired) electrons. The highest BCUT2D eigenvalue weighted by atomic mass is 15.3. The second-order valence-corrected chi connectivity index (χ2v) is 4.85. The maximum absolute atomic E-state index is 3.79. The zero-order valence-electron chi connectivity index (χ0n) is 10.7. The minimum atomic E-state index is 1.03. The van der Waals surface area contributed by atoms with Crippen molar-refractivity contribution in [3.8, 4) is 0 Å². The molecule has 0 spiro atoms. The van der Waals surface area contributed by atoms with E-state index in [4.69, 9.17) is 0 Å². The Labute approximate surface area is 105 Å². The summed E-state index contributed by atoms with van der Waals surface area (Å²) in [5.74, 6) is 0. The highest BCUT2D eigenvalue weighted by Gasteiger charge is 2.15. The van der Waals surface area contributed by atoms with Crippen LogP contribution < -0.4 is 0 Å². The summed E-state index contributed by atoms with van der Waals surface area (Å²) in [4.78, 5) is 4.99. The van der Waals surface area contributed by atoms with Gasteiger partial charge in [0.1, 0.15) is 0 Å². The van der Waals surface area contributed by atoms with Gasteiger partial charge in [-0.25, -0.2) is 0 Å². The zero-order valence-corrected chi connectivity index (χ0v) is 10.7. The summed E-state index contributed by atoms with van der Waals surface area (Å²) in [6.07, 6.45) is 2.00. The first-order valence-corrected chi connectivity index (χ1v) is 6.39. The zero-order chi connectivity index (χ0) is 12.1. The van der Waals surface area contributed by atoms with Gasteiger partial charge < -0.3 is 0 Å². The lowest BCUT2D eigenvalue weighted by molar-refractivity contribution is 0.137. The third kappa shape index (κ3) is 3.69. The van der Waals surface area contributed by atoms with E-state index in [-0.39, 0.29) is 0 Å². The summed E-state index contributed by atoms with van der Waals surface area (Å²) in [6.45, 7) is 12.7. The Morgan fingerprint density at radius 1 is 1.06 bits per heavy atom. The largest absolute Gasteiger partial charge is 0.297 e. The van der Waals surface area contributed by atoms with Crippen molar-refractivity contribution in [2.45, 2.75) is 13.5 Å². The first kappa shape index (κ1) is 12.3. The maximum atomic E-state index is 3.79. The molecule has 0 N–H and O–H groups in total. The lowest BCUT2D eigenvalue weighted by Crippen LogP contribution is -2.45. The van der Waals surface area contributed by atoms with E-state index in [9.17, 15) is 0 Å². The number of piperazine rings is 1. The monoisotopic (exact) mass is 230 g/mol. The van der Waals surface area contributed by atoms with Crippen LogP contribution >= 0.6 is 0 Å². The topological polar surface area (TPSA) is 6.48 Å². The van der Waals surface area contributed by atoms with E-state index >= 15 is 0 Å². The molecule has 1 heterocycles. The van der Waals surface area contributed by atoms with E-state index in [0.29, 0.717) is 0 Å². The summed E-state index contributed by atoms with van der Waals surface area (Å²) in [7, 11) is 0. The van der Waals surface area contributed by atoms with Gasteiger partial charge in [0.2, 0.25) is 0 Å². The predicted octanol–water partition coefficient (Wildman–Crippen LogP) is 2.30. The second-order valence-electron chi connectivity index (χ2n) is 4.85. The summed E-state index contributed by atoms with van der Waals surface area (Å²) < 4.78 is 0. The Morgan fingerprint density at radius 3 is 2.24 bits per heavy atom. The number of nitrogens with zero attached hydrogens (tertiary/aromatic N) is 2. The van der Waals surface area contributed by atoms with Crippen molar-refractivity contribution in [3.63, 3.8) is 0 Å². The molecule has 0 unspecified atom stereocenters. The fraction of sp³-hybridized carbons (Fsp3) is 0.467. The quantitative estimate of drug-likeness (QED) is 0.732. The molecule has 2 nitrogen and oxygen atoms in total. The molecule has 2 rings (SSSR count). The molecule has 1 aromatic rings. The summed E-state index contributed by atoms with van der Waals surface area (Å²) in [5.41, 5.74) is 2.76. The van der Waals surface area contributed by atoms with E-state index in [0.717, 1.165) is 26.2 Å². The van der Waals surface area contributed by atoms with Crippen molar-refractivity contribution < 1.29 is 0 Å². The fourth-order valence-electron chi connectivity index (χ4n) is 2.26. The average molecular weight is 230 g/mol. The van der Waals surface area contributed by atoms with E-state index in [1.54, 1.807) is 0 Å². The van der Waals surface area contributed by atoms with E-state index in [2.05, 4.69) is 47.6 Å². The maximum Gasteiger partial charge on any atom is 0.0234 e. The Kier molecular flexibility index (Phi) is 4.35. The SMILES string of the molecule is C=CCN1CCN(Cc2ccc(C)cc2)CC1. The van der Waals surface area contributed by atoms with Gasteiger partial charge in [-0.15, -0.1) is 6.58 Å². The van der Waals surface area contributed by atoms with Crippen LogP contribution in [0.3, 0.4) is 0 Å². The molecule has 0 bridgehead atoms. The smallest absolute Gasteiger partial charge is 0.0234 e. The van der Waals surface area contributed by atoms with Gasteiger partial charge in [-0.2, -0.15) is 0 Å². The minimum Gasteiger partial charge on any atom is -0.297 e. The van der Waals surface area contributed by atoms with Crippen LogP contribution in [0.1, 0.15) is 11.1 Å². The first-order chi connectivity index (χ1) is 8.28. The summed E-state index contributed by atoms with van der Waals surface area (Å²) in [5, 5.41) is 0. The van der Waals surface area contributed by atoms with E-state index in [1.807, 2.05) is 6.08 Å². The molecule has 1 fully saturated rings. The first-order valence-electron chi connectivity index (χ1n) is 6.39. The van der Waals surface area contributed by atoms with Crippen LogP contribution in [-0.4, -0.2) is 42.5 Å². The number of hydrogen-bond donors (Lipinski definition) is 0. The molecule has 1 aliphatic rings. The second kappa shape index (κ2) is 5.99. The van der Waals surface area contributed by atoms with Gasteiger partial charge in [-0.1, -0.05) is 35.9 Å². The molecule has 0 aliphatic carbocycles. The molecule has 0 saturated carbocycles. The van der Waals surface area contributed by atoms with Crippen molar-refractivity contribution in [3.05, 3.63) is 48.0 Å². The van der Waals surface area contributed by atoms with Crippen LogP contribution in [-0.2, 0) is 6.54 Å². The Bertz CT molecular complexity index is 348. The third-order valence-electron chi connectivity index (χ3n) is 3.38. The van der Waals surface area contributed by atoms with Crippen molar-refractivity contribution in [2.24, 2.45) is 0 Å². The lowest BCUT2D eigenvalue weighted by atomic mass is 10.1. The standard InChI is InChI=1S/C15H22N2/c1-3-8-16-9-11-17(12-10-16)13-15-6-4-14(2)5-7-15/h3-7H,1,8-13H2,2H3. The molecular formula is C15H22N2. The van der Waals surface area contributed by atoms with E-state index < -0.39 is 0 Å². The molecule has 0 amide bonds. The van der Waals surface area contributed by atoms with Gasteiger partial charge in [0, 0.05) is 39.3 Å². The molecule has 17 heavy (non-hydrogen) atoms. The van der Waals surface area contributed by atoms with Crippen LogP contribution in [0.5, 0.6) is 0 Å². The fourth-order valence-corrected chi connectivity index (χ4v) is 2.26. The van der Waals surface area contributed by atoms with Gasteiger partial charge in [-0.3, -0.25) is 9.80 Å². The van der Waals surface area contributed by atoms with Gasteiger partial charge >= 0.3 is 0 Å². The molecule has 1 aromatic carbocycles. The molecule has 0 atom stereocenters. The average Bonchev–Trinajstić information content (AvgIpc) is 2.35. The number of rotatable bonds is 4. The molecular weight excluding hydrogens is 208 g/mol. The minimum absolute atomic E-state index is 1.03. The van der Waals surface area contributed by atoms with Gasteiger partial charge in [0.05, 0.1) is 0 Å². The van der Waals surface area contributed by atoms with Gasteiger partial charge in [0.25, 0.3) is 0 Å². The number of aryl methyl sites for hydroxylation is 1. The predicted molar refractivity (Wildman–Crippen MR) is 73.1 cm³/mol. The van der Waals surface area contributed by atoms with Gasteiger partial charge in [-0.05, 0) is 12.5 Å². The summed E-state index contributed by atoms with van der Waals surface area (Å²) in [6, 6.07) is 8.88. The lowest BCUT2D eigenvalue weighted by Gasteiger charge is -2.34. The molecule has 1 saturated heterocycles. The Hall–Kier alpha value is -1.12. The number of benzene rings is 1.